The quantitative estimate of drug-likeness (QED) is 0.700. The number of ketones is 2. The summed E-state index contributed by atoms with van der Waals surface area (Å²) in [7, 11) is 0. The van der Waals surface area contributed by atoms with E-state index in [0.717, 1.165) is 6.42 Å². The van der Waals surface area contributed by atoms with Gasteiger partial charge in [0.15, 0.2) is 6.61 Å². The number of rotatable bonds is 3. The lowest BCUT2D eigenvalue weighted by Gasteiger charge is -2.63. The molecular formula is C24H35FO5. The maximum absolute atomic E-state index is 17.0. The minimum atomic E-state index is -1.62. The van der Waals surface area contributed by atoms with Crippen molar-refractivity contribution in [3.8, 4) is 0 Å². The second kappa shape index (κ2) is 6.85. The Balaban J connectivity index is 1.67. The highest BCUT2D eigenvalue weighted by atomic mass is 19.1. The Morgan fingerprint density at radius 1 is 1.13 bits per heavy atom. The monoisotopic (exact) mass is 422 g/mol. The van der Waals surface area contributed by atoms with Crippen molar-refractivity contribution in [3.05, 3.63) is 0 Å². The number of Topliss-reactive ketones (excluding diaryl/α,β-unsaturated/α-hetero) is 2. The molecule has 4 aliphatic carbocycles. The van der Waals surface area contributed by atoms with E-state index < -0.39 is 40.5 Å². The molecule has 0 spiro atoms. The number of ether oxygens (including phenoxy) is 1. The van der Waals surface area contributed by atoms with Crippen LogP contribution in [0.1, 0.15) is 79.1 Å². The molecule has 4 aliphatic rings. The van der Waals surface area contributed by atoms with Crippen molar-refractivity contribution in [2.24, 2.45) is 34.5 Å². The molecule has 6 heteroatoms. The van der Waals surface area contributed by atoms with Gasteiger partial charge in [-0.15, -0.1) is 0 Å². The van der Waals surface area contributed by atoms with Crippen LogP contribution in [0.3, 0.4) is 0 Å². The van der Waals surface area contributed by atoms with Crippen molar-refractivity contribution < 1.29 is 28.6 Å². The van der Waals surface area contributed by atoms with E-state index in [2.05, 4.69) is 0 Å². The van der Waals surface area contributed by atoms with Crippen LogP contribution in [0.5, 0.6) is 0 Å². The molecule has 0 unspecified atom stereocenters. The van der Waals surface area contributed by atoms with Gasteiger partial charge in [0.1, 0.15) is 17.1 Å². The fourth-order valence-electron chi connectivity index (χ4n) is 8.15. The van der Waals surface area contributed by atoms with E-state index in [-0.39, 0.29) is 29.5 Å². The second-order valence-corrected chi connectivity index (χ2v) is 11.0. The van der Waals surface area contributed by atoms with Crippen molar-refractivity contribution in [1.29, 1.82) is 0 Å². The third-order valence-electron chi connectivity index (χ3n) is 10.00. The van der Waals surface area contributed by atoms with Crippen molar-refractivity contribution in [2.75, 3.05) is 6.61 Å². The van der Waals surface area contributed by atoms with Crippen LogP contribution in [0, 0.1) is 34.5 Å². The number of carbonyl (C=O) groups is 3. The largest absolute Gasteiger partial charge is 0.458 e. The average Bonchev–Trinajstić information content (AvgIpc) is 2.89. The molecule has 0 amide bonds. The number of halogens is 1. The van der Waals surface area contributed by atoms with Gasteiger partial charge in [-0.2, -0.15) is 0 Å². The highest BCUT2D eigenvalue weighted by molar-refractivity contribution is 5.91. The van der Waals surface area contributed by atoms with E-state index in [1.807, 2.05) is 20.8 Å². The van der Waals surface area contributed by atoms with Gasteiger partial charge < -0.3 is 9.84 Å². The highest BCUT2D eigenvalue weighted by Crippen LogP contribution is 2.71. The molecular weight excluding hydrogens is 387 g/mol. The third-order valence-corrected chi connectivity index (χ3v) is 10.00. The molecule has 0 heterocycles. The summed E-state index contributed by atoms with van der Waals surface area (Å²) in [6, 6.07) is 0. The van der Waals surface area contributed by atoms with E-state index in [9.17, 15) is 19.5 Å². The van der Waals surface area contributed by atoms with Gasteiger partial charge in [0, 0.05) is 30.6 Å². The van der Waals surface area contributed by atoms with Crippen LogP contribution in [0.4, 0.5) is 4.39 Å². The predicted octanol–water partition coefficient (Wildman–Crippen LogP) is 3.80. The minimum absolute atomic E-state index is 0.0904. The zero-order valence-corrected chi connectivity index (χ0v) is 18.6. The summed E-state index contributed by atoms with van der Waals surface area (Å²) in [5, 5.41) is 11.7. The molecule has 4 rings (SSSR count). The van der Waals surface area contributed by atoms with Gasteiger partial charge in [-0.3, -0.25) is 14.4 Å². The normalized spacial score (nSPS) is 50.3. The predicted molar refractivity (Wildman–Crippen MR) is 108 cm³/mol. The maximum Gasteiger partial charge on any atom is 0.303 e. The topological polar surface area (TPSA) is 80.7 Å². The highest BCUT2D eigenvalue weighted by Gasteiger charge is 2.73. The van der Waals surface area contributed by atoms with E-state index >= 15 is 4.39 Å². The Morgan fingerprint density at radius 2 is 1.83 bits per heavy atom. The molecule has 0 bridgehead atoms. The molecule has 1 N–H and O–H groups in total. The van der Waals surface area contributed by atoms with Crippen LogP contribution in [0.2, 0.25) is 0 Å². The van der Waals surface area contributed by atoms with Gasteiger partial charge in [0.2, 0.25) is 5.78 Å². The number of hydrogen-bond acceptors (Lipinski definition) is 5. The fraction of sp³-hybridized carbons (Fsp3) is 0.875. The molecule has 168 valence electrons. The first-order valence-electron chi connectivity index (χ1n) is 11.5. The van der Waals surface area contributed by atoms with Crippen LogP contribution >= 0.6 is 0 Å². The molecule has 5 nitrogen and oxygen atoms in total. The molecule has 0 saturated heterocycles. The first-order chi connectivity index (χ1) is 13.9. The standard InChI is InChI=1S/C24H35FO5/c1-14-11-19-18-6-5-16-12-17(27)7-8-21(16,3)23(18,25)10-9-22(19,4)24(14,29)20(28)13-30-15(2)26/h14,16,18-19,29H,5-13H2,1-4H3/t14-,16-,18-,19-,21-,22-,23+,24-/m0/s1. The number of alkyl halides is 1. The minimum Gasteiger partial charge on any atom is -0.458 e. The number of hydrogen-bond donors (Lipinski definition) is 1. The Kier molecular flexibility index (Phi) is 5.00. The Bertz CT molecular complexity index is 782. The number of esters is 1. The molecule has 4 saturated carbocycles. The van der Waals surface area contributed by atoms with Crippen LogP contribution in [-0.4, -0.2) is 40.5 Å². The lowest BCUT2D eigenvalue weighted by Crippen LogP contribution is -2.66. The van der Waals surface area contributed by atoms with E-state index in [1.54, 1.807) is 0 Å². The van der Waals surface area contributed by atoms with E-state index in [4.69, 9.17) is 4.74 Å². The van der Waals surface area contributed by atoms with Gasteiger partial charge in [0.05, 0.1) is 0 Å². The van der Waals surface area contributed by atoms with Gasteiger partial charge in [0.25, 0.3) is 0 Å². The molecule has 4 fully saturated rings. The van der Waals surface area contributed by atoms with Gasteiger partial charge >= 0.3 is 5.97 Å². The molecule has 8 atom stereocenters. The Hall–Kier alpha value is -1.30. The molecule has 0 aliphatic heterocycles. The summed E-state index contributed by atoms with van der Waals surface area (Å²) >= 11 is 0. The van der Waals surface area contributed by atoms with Crippen molar-refractivity contribution >= 4 is 17.5 Å². The van der Waals surface area contributed by atoms with Gasteiger partial charge in [-0.1, -0.05) is 20.8 Å². The van der Waals surface area contributed by atoms with E-state index in [0.29, 0.717) is 44.9 Å². The van der Waals surface area contributed by atoms with Crippen molar-refractivity contribution in [1.82, 2.24) is 0 Å². The Morgan fingerprint density at radius 3 is 2.50 bits per heavy atom. The first kappa shape index (κ1) is 21.9. The van der Waals surface area contributed by atoms with Crippen LogP contribution in [0.25, 0.3) is 0 Å². The summed E-state index contributed by atoms with van der Waals surface area (Å²) in [5.74, 6) is -1.32. The zero-order chi connectivity index (χ0) is 22.1. The Labute approximate surface area is 178 Å². The number of carbonyl (C=O) groups excluding carboxylic acids is 3. The summed E-state index contributed by atoms with van der Waals surface area (Å²) in [6.07, 6.45) is 4.39. The number of aliphatic hydroxyl groups is 1. The second-order valence-electron chi connectivity index (χ2n) is 11.0. The fourth-order valence-corrected chi connectivity index (χ4v) is 8.15. The van der Waals surface area contributed by atoms with Crippen molar-refractivity contribution in [2.45, 2.75) is 90.3 Å². The van der Waals surface area contributed by atoms with Crippen LogP contribution in [-0.2, 0) is 19.1 Å². The van der Waals surface area contributed by atoms with Crippen molar-refractivity contribution in [3.63, 3.8) is 0 Å². The summed E-state index contributed by atoms with van der Waals surface area (Å²) < 4.78 is 21.9. The zero-order valence-electron chi connectivity index (χ0n) is 18.6. The summed E-state index contributed by atoms with van der Waals surface area (Å²) in [4.78, 5) is 36.3. The first-order valence-corrected chi connectivity index (χ1v) is 11.5. The summed E-state index contributed by atoms with van der Waals surface area (Å²) in [6.45, 7) is 6.64. The molecule has 0 aromatic rings. The third kappa shape index (κ3) is 2.64. The molecule has 0 aromatic heterocycles. The maximum atomic E-state index is 17.0. The summed E-state index contributed by atoms with van der Waals surface area (Å²) in [5.41, 5.74) is -4.24. The smallest absolute Gasteiger partial charge is 0.303 e. The van der Waals surface area contributed by atoms with Gasteiger partial charge in [-0.25, -0.2) is 4.39 Å². The molecule has 0 aromatic carbocycles. The van der Waals surface area contributed by atoms with Gasteiger partial charge in [-0.05, 0) is 62.2 Å². The lowest BCUT2D eigenvalue weighted by molar-refractivity contribution is -0.212. The molecule has 0 radical (unpaired) electrons. The average molecular weight is 423 g/mol. The SMILES string of the molecule is CC(=O)OCC(=O)[C@@]1(O)[C@@H](C)C[C@H]2[C@@H]3CC[C@H]4CC(=O)CC[C@]4(C)[C@@]3(F)CC[C@@]21C. The number of fused-ring (bicyclic) bond motifs is 5. The molecule has 30 heavy (non-hydrogen) atoms. The van der Waals surface area contributed by atoms with Crippen LogP contribution in [0.15, 0.2) is 0 Å². The van der Waals surface area contributed by atoms with Crippen LogP contribution < -0.4 is 0 Å². The van der Waals surface area contributed by atoms with E-state index in [1.165, 1.54) is 6.92 Å². The lowest BCUT2D eigenvalue weighted by atomic mass is 9.43.